The molecule has 2 aliphatic heterocycles. The third-order valence-corrected chi connectivity index (χ3v) is 5.24. The molecular formula is C19H25N5O2. The fourth-order valence-electron chi connectivity index (χ4n) is 3.79. The van der Waals surface area contributed by atoms with Crippen LogP contribution in [0.25, 0.3) is 11.4 Å². The fourth-order valence-corrected chi connectivity index (χ4v) is 3.79. The van der Waals surface area contributed by atoms with E-state index in [1.807, 2.05) is 17.0 Å². The monoisotopic (exact) mass is 355 g/mol. The summed E-state index contributed by atoms with van der Waals surface area (Å²) in [6.45, 7) is 5.73. The SMILES string of the molecule is CC1CCCN(C(=O)c2nc(-c3ccnc(N4CCCCC4)c3)no2)C1. The number of nitrogens with zero attached hydrogens (tertiary/aromatic N) is 5. The fraction of sp³-hybridized carbons (Fsp3) is 0.579. The molecule has 2 aromatic heterocycles. The zero-order chi connectivity index (χ0) is 17.9. The second-order valence-electron chi connectivity index (χ2n) is 7.37. The number of pyridine rings is 1. The zero-order valence-electron chi connectivity index (χ0n) is 15.2. The molecule has 138 valence electrons. The molecule has 2 fully saturated rings. The van der Waals surface area contributed by atoms with E-state index >= 15 is 0 Å². The van der Waals surface area contributed by atoms with Gasteiger partial charge < -0.3 is 14.3 Å². The smallest absolute Gasteiger partial charge is 0.316 e. The van der Waals surface area contributed by atoms with Gasteiger partial charge >= 0.3 is 11.8 Å². The molecule has 4 rings (SSSR count). The number of amides is 1. The molecule has 2 aliphatic rings. The highest BCUT2D eigenvalue weighted by molar-refractivity contribution is 5.90. The van der Waals surface area contributed by atoms with Crippen LogP contribution in [0.3, 0.4) is 0 Å². The number of anilines is 1. The second-order valence-corrected chi connectivity index (χ2v) is 7.37. The van der Waals surface area contributed by atoms with Gasteiger partial charge in [0.2, 0.25) is 5.82 Å². The number of piperidine rings is 2. The molecule has 1 unspecified atom stereocenters. The van der Waals surface area contributed by atoms with E-state index in [0.717, 1.165) is 50.4 Å². The van der Waals surface area contributed by atoms with Crippen molar-refractivity contribution in [3.8, 4) is 11.4 Å². The first kappa shape index (κ1) is 17.0. The lowest BCUT2D eigenvalue weighted by molar-refractivity contribution is 0.0633. The quantitative estimate of drug-likeness (QED) is 0.842. The summed E-state index contributed by atoms with van der Waals surface area (Å²) in [4.78, 5) is 25.5. The molecular weight excluding hydrogens is 330 g/mol. The Kier molecular flexibility index (Phi) is 4.86. The van der Waals surface area contributed by atoms with E-state index in [4.69, 9.17) is 4.52 Å². The molecule has 4 heterocycles. The predicted octanol–water partition coefficient (Wildman–Crippen LogP) is 2.99. The maximum Gasteiger partial charge on any atom is 0.316 e. The van der Waals surface area contributed by atoms with Gasteiger partial charge in [-0.25, -0.2) is 4.98 Å². The summed E-state index contributed by atoms with van der Waals surface area (Å²) in [6, 6.07) is 3.84. The van der Waals surface area contributed by atoms with Crippen LogP contribution in [0.15, 0.2) is 22.9 Å². The van der Waals surface area contributed by atoms with Crippen LogP contribution in [-0.2, 0) is 0 Å². The highest BCUT2D eigenvalue weighted by Crippen LogP contribution is 2.24. The summed E-state index contributed by atoms with van der Waals surface area (Å²) in [5.74, 6) is 1.80. The highest BCUT2D eigenvalue weighted by atomic mass is 16.5. The molecule has 0 spiro atoms. The van der Waals surface area contributed by atoms with Gasteiger partial charge in [-0.15, -0.1) is 0 Å². The molecule has 0 aromatic carbocycles. The van der Waals surface area contributed by atoms with Gasteiger partial charge in [-0.1, -0.05) is 12.1 Å². The Morgan fingerprint density at radius 1 is 1.19 bits per heavy atom. The van der Waals surface area contributed by atoms with Gasteiger partial charge in [0.25, 0.3) is 0 Å². The molecule has 2 saturated heterocycles. The standard InChI is InChI=1S/C19H25N5O2/c1-14-6-5-11-24(13-14)19(25)18-21-17(22-26-18)15-7-8-20-16(12-15)23-9-3-2-4-10-23/h7-8,12,14H,2-6,9-11,13H2,1H3. The van der Waals surface area contributed by atoms with Crippen LogP contribution in [0.4, 0.5) is 5.82 Å². The van der Waals surface area contributed by atoms with Crippen molar-refractivity contribution < 1.29 is 9.32 Å². The van der Waals surface area contributed by atoms with Gasteiger partial charge in [0.05, 0.1) is 0 Å². The van der Waals surface area contributed by atoms with E-state index in [2.05, 4.69) is 26.9 Å². The van der Waals surface area contributed by atoms with Gasteiger partial charge in [0.15, 0.2) is 0 Å². The zero-order valence-corrected chi connectivity index (χ0v) is 15.2. The minimum Gasteiger partial charge on any atom is -0.357 e. The van der Waals surface area contributed by atoms with E-state index in [1.54, 1.807) is 6.20 Å². The maximum atomic E-state index is 12.6. The third kappa shape index (κ3) is 3.57. The van der Waals surface area contributed by atoms with Crippen LogP contribution in [0, 0.1) is 5.92 Å². The first-order valence-corrected chi connectivity index (χ1v) is 9.55. The third-order valence-electron chi connectivity index (χ3n) is 5.24. The Morgan fingerprint density at radius 2 is 2.04 bits per heavy atom. The first-order valence-electron chi connectivity index (χ1n) is 9.55. The molecule has 0 N–H and O–H groups in total. The first-order chi connectivity index (χ1) is 12.7. The Labute approximate surface area is 153 Å². The molecule has 0 bridgehead atoms. The summed E-state index contributed by atoms with van der Waals surface area (Å²) in [6.07, 6.45) is 7.62. The van der Waals surface area contributed by atoms with Crippen LogP contribution in [-0.4, -0.2) is 52.1 Å². The molecule has 2 aromatic rings. The van der Waals surface area contributed by atoms with Crippen molar-refractivity contribution in [3.63, 3.8) is 0 Å². The lowest BCUT2D eigenvalue weighted by Gasteiger charge is -2.29. The van der Waals surface area contributed by atoms with E-state index in [1.165, 1.54) is 19.3 Å². The summed E-state index contributed by atoms with van der Waals surface area (Å²) in [5.41, 5.74) is 0.829. The number of likely N-dealkylation sites (tertiary alicyclic amines) is 1. The minimum atomic E-state index is -0.166. The Hall–Kier alpha value is -2.44. The van der Waals surface area contributed by atoms with Crippen LogP contribution in [0.2, 0.25) is 0 Å². The van der Waals surface area contributed by atoms with Gasteiger partial charge in [-0.05, 0) is 50.2 Å². The maximum absolute atomic E-state index is 12.6. The number of carbonyl (C=O) groups excluding carboxylic acids is 1. The molecule has 0 radical (unpaired) electrons. The number of rotatable bonds is 3. The summed E-state index contributed by atoms with van der Waals surface area (Å²) in [5, 5.41) is 4.03. The van der Waals surface area contributed by atoms with Crippen molar-refractivity contribution in [2.45, 2.75) is 39.0 Å². The van der Waals surface area contributed by atoms with Crippen LogP contribution < -0.4 is 4.90 Å². The summed E-state index contributed by atoms with van der Waals surface area (Å²) >= 11 is 0. The van der Waals surface area contributed by atoms with Gasteiger partial charge in [0, 0.05) is 37.9 Å². The molecule has 7 nitrogen and oxygen atoms in total. The molecule has 26 heavy (non-hydrogen) atoms. The number of hydrogen-bond acceptors (Lipinski definition) is 6. The van der Waals surface area contributed by atoms with Crippen LogP contribution >= 0.6 is 0 Å². The lowest BCUT2D eigenvalue weighted by Crippen LogP contribution is -2.39. The molecule has 7 heteroatoms. The molecule has 0 aliphatic carbocycles. The van der Waals surface area contributed by atoms with Crippen molar-refractivity contribution in [1.29, 1.82) is 0 Å². The minimum absolute atomic E-state index is 0.0745. The lowest BCUT2D eigenvalue weighted by atomic mass is 10.0. The topological polar surface area (TPSA) is 75.4 Å². The Balaban J connectivity index is 1.51. The molecule has 1 amide bonds. The Morgan fingerprint density at radius 3 is 2.85 bits per heavy atom. The van der Waals surface area contributed by atoms with Gasteiger partial charge in [-0.2, -0.15) is 4.98 Å². The largest absolute Gasteiger partial charge is 0.357 e. The number of aromatic nitrogens is 3. The predicted molar refractivity (Wildman–Crippen MR) is 97.9 cm³/mol. The van der Waals surface area contributed by atoms with Crippen molar-refractivity contribution in [3.05, 3.63) is 24.2 Å². The normalized spacial score (nSPS) is 21.0. The Bertz CT molecular complexity index is 769. The highest BCUT2D eigenvalue weighted by Gasteiger charge is 2.26. The number of hydrogen-bond donors (Lipinski definition) is 0. The van der Waals surface area contributed by atoms with Crippen LogP contribution in [0.5, 0.6) is 0 Å². The van der Waals surface area contributed by atoms with E-state index in [0.29, 0.717) is 11.7 Å². The van der Waals surface area contributed by atoms with E-state index in [-0.39, 0.29) is 11.8 Å². The number of carbonyl (C=O) groups is 1. The molecule has 1 atom stereocenters. The van der Waals surface area contributed by atoms with Gasteiger partial charge in [0.1, 0.15) is 5.82 Å². The summed E-state index contributed by atoms with van der Waals surface area (Å²) in [7, 11) is 0. The van der Waals surface area contributed by atoms with E-state index < -0.39 is 0 Å². The van der Waals surface area contributed by atoms with E-state index in [9.17, 15) is 4.79 Å². The average molecular weight is 355 g/mol. The summed E-state index contributed by atoms with van der Waals surface area (Å²) < 4.78 is 5.27. The average Bonchev–Trinajstić information content (AvgIpc) is 3.18. The van der Waals surface area contributed by atoms with Gasteiger partial charge in [-0.3, -0.25) is 4.79 Å². The van der Waals surface area contributed by atoms with Crippen LogP contribution in [0.1, 0.15) is 49.7 Å². The second kappa shape index (κ2) is 7.43. The van der Waals surface area contributed by atoms with Crippen molar-refractivity contribution in [2.24, 2.45) is 5.92 Å². The van der Waals surface area contributed by atoms with Crippen molar-refractivity contribution in [1.82, 2.24) is 20.0 Å². The van der Waals surface area contributed by atoms with Crippen molar-refractivity contribution in [2.75, 3.05) is 31.1 Å². The van der Waals surface area contributed by atoms with Crippen molar-refractivity contribution >= 4 is 11.7 Å². The molecule has 0 saturated carbocycles.